The minimum absolute atomic E-state index is 0.0780. The van der Waals surface area contributed by atoms with Crippen molar-refractivity contribution in [3.63, 3.8) is 0 Å². The summed E-state index contributed by atoms with van der Waals surface area (Å²) >= 11 is 0. The van der Waals surface area contributed by atoms with Gasteiger partial charge in [0.15, 0.2) is 0 Å². The third-order valence-corrected chi connectivity index (χ3v) is 7.24. The van der Waals surface area contributed by atoms with E-state index in [1.54, 1.807) is 12.2 Å². The number of quaternary nitrogens is 1. The molecule has 1 spiro atoms. The maximum absolute atomic E-state index is 13.6. The van der Waals surface area contributed by atoms with Crippen LogP contribution in [0.15, 0.2) is 24.3 Å². The van der Waals surface area contributed by atoms with Gasteiger partial charge >= 0.3 is 0 Å². The van der Waals surface area contributed by atoms with Crippen LogP contribution in [-0.4, -0.2) is 45.9 Å². The van der Waals surface area contributed by atoms with Gasteiger partial charge in [0, 0.05) is 11.6 Å². The van der Waals surface area contributed by atoms with Gasteiger partial charge in [0.25, 0.3) is 5.91 Å². The number of para-hydroxylation sites is 1. The molecule has 3 aliphatic heterocycles. The van der Waals surface area contributed by atoms with Crippen LogP contribution in [0.4, 0.5) is 5.69 Å². The van der Waals surface area contributed by atoms with Crippen molar-refractivity contribution >= 4 is 23.4 Å². The number of nitrogens with one attached hydrogen (secondary N) is 1. The summed E-state index contributed by atoms with van der Waals surface area (Å²) in [6, 6.07) is 6.76. The zero-order valence-electron chi connectivity index (χ0n) is 15.9. The molecule has 4 N–H and O–H groups in total. The largest absolute Gasteiger partial charge is 0.387 e. The summed E-state index contributed by atoms with van der Waals surface area (Å²) in [5.41, 5.74) is 0.244. The summed E-state index contributed by atoms with van der Waals surface area (Å²) in [5.74, 6) is -2.17. The van der Waals surface area contributed by atoms with E-state index in [-0.39, 0.29) is 23.8 Å². The average molecular weight is 384 g/mol. The number of carbonyl (C=O) groups excluding carboxylic acids is 3. The molecule has 7 nitrogen and oxygen atoms in total. The highest BCUT2D eigenvalue weighted by molar-refractivity contribution is 6.14. The molecular formula is C21H26N3O4+. The fourth-order valence-corrected chi connectivity index (χ4v) is 6.00. The number of anilines is 1. The van der Waals surface area contributed by atoms with E-state index in [4.69, 9.17) is 0 Å². The van der Waals surface area contributed by atoms with Crippen LogP contribution in [0.1, 0.15) is 44.6 Å². The molecule has 5 rings (SSSR count). The number of benzene rings is 1. The van der Waals surface area contributed by atoms with Crippen LogP contribution >= 0.6 is 0 Å². The first-order chi connectivity index (χ1) is 13.5. The third kappa shape index (κ3) is 2.14. The van der Waals surface area contributed by atoms with Crippen molar-refractivity contribution in [2.45, 2.75) is 62.8 Å². The number of aliphatic hydroxyl groups excluding tert-OH is 1. The van der Waals surface area contributed by atoms with Crippen LogP contribution in [0.5, 0.6) is 0 Å². The normalized spacial score (nSPS) is 36.0. The standard InChI is InChI=1S/C21H25N3O4/c1-11(25)17-15-16(19(27)24(18(15)26)12-7-3-2-4-8-12)21(23-17)13-9-5-6-10-14(13)22-20(21)28/h5-6,9-12,15-17,23,25H,2-4,7-8H2,1H3,(H,22,28)/p+1/t11-,15+,16+,17+,21+/m1/s1. The van der Waals surface area contributed by atoms with Gasteiger partial charge < -0.3 is 15.7 Å². The van der Waals surface area contributed by atoms with Crippen LogP contribution in [0.2, 0.25) is 0 Å². The van der Waals surface area contributed by atoms with Crippen molar-refractivity contribution < 1.29 is 24.8 Å². The smallest absolute Gasteiger partial charge is 0.291 e. The lowest BCUT2D eigenvalue weighted by atomic mass is 9.76. The number of carbonyl (C=O) groups is 3. The molecule has 0 unspecified atom stereocenters. The van der Waals surface area contributed by atoms with Gasteiger partial charge in [0.1, 0.15) is 24.0 Å². The quantitative estimate of drug-likeness (QED) is 0.629. The highest BCUT2D eigenvalue weighted by Crippen LogP contribution is 2.50. The summed E-state index contributed by atoms with van der Waals surface area (Å²) in [6.07, 6.45) is 4.00. The molecule has 5 atom stereocenters. The van der Waals surface area contributed by atoms with Crippen molar-refractivity contribution in [3.05, 3.63) is 29.8 Å². The van der Waals surface area contributed by atoms with Gasteiger partial charge in [-0.25, -0.2) is 0 Å². The second-order valence-corrected chi connectivity index (χ2v) is 8.70. The highest BCUT2D eigenvalue weighted by atomic mass is 16.3. The Bertz CT molecular complexity index is 863. The van der Waals surface area contributed by atoms with Crippen molar-refractivity contribution in [2.24, 2.45) is 11.8 Å². The number of aliphatic hydroxyl groups is 1. The van der Waals surface area contributed by atoms with Gasteiger partial charge in [-0.05, 0) is 25.8 Å². The van der Waals surface area contributed by atoms with Gasteiger partial charge in [-0.2, -0.15) is 0 Å². The molecule has 3 amide bonds. The lowest BCUT2D eigenvalue weighted by Gasteiger charge is -2.32. The zero-order valence-corrected chi connectivity index (χ0v) is 15.9. The number of hydrogen-bond donors (Lipinski definition) is 3. The molecule has 3 heterocycles. The molecule has 2 saturated heterocycles. The third-order valence-electron chi connectivity index (χ3n) is 7.24. The SMILES string of the molecule is C[C@@H](O)[C@@H]1[NH2+][C@]2(C(=O)Nc3ccccc32)[C@@H]2C(=O)N(C3CCCCC3)C(=O)[C@H]12. The molecular weight excluding hydrogens is 358 g/mol. The second-order valence-electron chi connectivity index (χ2n) is 8.70. The minimum atomic E-state index is -1.18. The molecule has 0 aromatic heterocycles. The van der Waals surface area contributed by atoms with Crippen LogP contribution in [0.3, 0.4) is 0 Å². The van der Waals surface area contributed by atoms with E-state index < -0.39 is 29.5 Å². The topological polar surface area (TPSA) is 103 Å². The molecule has 1 aromatic carbocycles. The first-order valence-corrected chi connectivity index (χ1v) is 10.3. The van der Waals surface area contributed by atoms with E-state index >= 15 is 0 Å². The predicted octanol–water partition coefficient (Wildman–Crippen LogP) is 0.0943. The van der Waals surface area contributed by atoms with Gasteiger partial charge in [-0.1, -0.05) is 37.5 Å². The number of fused-ring (bicyclic) bond motifs is 4. The molecule has 0 bridgehead atoms. The van der Waals surface area contributed by atoms with Gasteiger partial charge in [-0.3, -0.25) is 19.3 Å². The minimum Gasteiger partial charge on any atom is -0.387 e. The van der Waals surface area contributed by atoms with Gasteiger partial charge in [0.2, 0.25) is 17.4 Å². The van der Waals surface area contributed by atoms with E-state index in [1.807, 2.05) is 24.3 Å². The van der Waals surface area contributed by atoms with Crippen molar-refractivity contribution in [1.82, 2.24) is 4.90 Å². The number of hydrogen-bond acceptors (Lipinski definition) is 4. The lowest BCUT2D eigenvalue weighted by Crippen LogP contribution is -3.00. The molecule has 7 heteroatoms. The Hall–Kier alpha value is -2.25. The Morgan fingerprint density at radius 3 is 2.57 bits per heavy atom. The fourth-order valence-electron chi connectivity index (χ4n) is 6.00. The van der Waals surface area contributed by atoms with E-state index in [2.05, 4.69) is 5.32 Å². The summed E-state index contributed by atoms with van der Waals surface area (Å²) < 4.78 is 0. The number of amides is 3. The predicted molar refractivity (Wildman–Crippen MR) is 99.8 cm³/mol. The molecule has 4 aliphatic rings. The Morgan fingerprint density at radius 2 is 1.86 bits per heavy atom. The molecule has 28 heavy (non-hydrogen) atoms. The molecule has 1 aromatic rings. The first kappa shape index (κ1) is 17.8. The Balaban J connectivity index is 1.63. The summed E-state index contributed by atoms with van der Waals surface area (Å²) in [7, 11) is 0. The Kier molecular flexibility index (Phi) is 3.90. The number of likely N-dealkylation sites (tertiary alicyclic amines) is 1. The molecule has 0 radical (unpaired) electrons. The highest BCUT2D eigenvalue weighted by Gasteiger charge is 2.75. The van der Waals surface area contributed by atoms with Crippen LogP contribution < -0.4 is 10.6 Å². The molecule has 148 valence electrons. The molecule has 3 fully saturated rings. The van der Waals surface area contributed by atoms with Crippen LogP contribution in [0, 0.1) is 11.8 Å². The zero-order chi connectivity index (χ0) is 19.6. The molecule has 1 saturated carbocycles. The maximum Gasteiger partial charge on any atom is 0.291 e. The molecule has 1 aliphatic carbocycles. The number of imide groups is 1. The van der Waals surface area contributed by atoms with E-state index in [0.717, 1.165) is 37.7 Å². The van der Waals surface area contributed by atoms with Gasteiger partial charge in [-0.15, -0.1) is 0 Å². The van der Waals surface area contributed by atoms with Crippen molar-refractivity contribution in [3.8, 4) is 0 Å². The lowest BCUT2D eigenvalue weighted by molar-refractivity contribution is -0.738. The van der Waals surface area contributed by atoms with Crippen molar-refractivity contribution in [2.75, 3.05) is 5.32 Å². The van der Waals surface area contributed by atoms with Gasteiger partial charge in [0.05, 0.1) is 5.69 Å². The van der Waals surface area contributed by atoms with E-state index in [1.165, 1.54) is 4.90 Å². The summed E-state index contributed by atoms with van der Waals surface area (Å²) in [6.45, 7) is 1.64. The fraction of sp³-hybridized carbons (Fsp3) is 0.571. The van der Waals surface area contributed by atoms with E-state index in [0.29, 0.717) is 5.69 Å². The van der Waals surface area contributed by atoms with Crippen LogP contribution in [0.25, 0.3) is 0 Å². The number of nitrogens with zero attached hydrogens (tertiary/aromatic N) is 1. The summed E-state index contributed by atoms with van der Waals surface area (Å²) in [5, 5.41) is 15.1. The first-order valence-electron chi connectivity index (χ1n) is 10.3. The van der Waals surface area contributed by atoms with Crippen molar-refractivity contribution in [1.29, 1.82) is 0 Å². The maximum atomic E-state index is 13.6. The van der Waals surface area contributed by atoms with Crippen LogP contribution in [-0.2, 0) is 19.9 Å². The monoisotopic (exact) mass is 384 g/mol. The Labute approximate surface area is 163 Å². The van der Waals surface area contributed by atoms with E-state index in [9.17, 15) is 19.5 Å². The Morgan fingerprint density at radius 1 is 1.14 bits per heavy atom. The average Bonchev–Trinajstić information content (AvgIpc) is 3.28. The second kappa shape index (κ2) is 6.12. The summed E-state index contributed by atoms with van der Waals surface area (Å²) in [4.78, 5) is 41.7. The number of rotatable bonds is 2. The number of nitrogens with two attached hydrogens (primary N) is 1.